The van der Waals surface area contributed by atoms with Gasteiger partial charge in [0.15, 0.2) is 5.78 Å². The van der Waals surface area contributed by atoms with Gasteiger partial charge >= 0.3 is 0 Å². The van der Waals surface area contributed by atoms with Crippen molar-refractivity contribution < 1.29 is 9.53 Å². The van der Waals surface area contributed by atoms with Gasteiger partial charge in [-0.25, -0.2) is 0 Å². The van der Waals surface area contributed by atoms with Gasteiger partial charge in [-0.15, -0.1) is 0 Å². The molecule has 2 heteroatoms. The van der Waals surface area contributed by atoms with E-state index in [1.807, 2.05) is 48.5 Å². The Labute approximate surface area is 99.9 Å². The Morgan fingerprint density at radius 2 is 1.65 bits per heavy atom. The first-order valence-corrected chi connectivity index (χ1v) is 5.71. The molecule has 3 rings (SSSR count). The fraction of sp³-hybridized carbons (Fsp3) is 0.133. The lowest BCUT2D eigenvalue weighted by atomic mass is 9.97. The normalized spacial score (nSPS) is 14.0. The molecule has 0 saturated heterocycles. The average Bonchev–Trinajstić information content (AvgIpc) is 2.40. The van der Waals surface area contributed by atoms with Gasteiger partial charge in [0, 0.05) is 12.0 Å². The highest BCUT2D eigenvalue weighted by atomic mass is 16.5. The number of hydrogen-bond acceptors (Lipinski definition) is 2. The molecule has 0 saturated carbocycles. The Kier molecular flexibility index (Phi) is 2.41. The molecule has 0 atom stereocenters. The number of ether oxygens (including phenoxy) is 1. The molecule has 2 aromatic carbocycles. The molecule has 1 aliphatic rings. The van der Waals surface area contributed by atoms with Crippen LogP contribution in [-0.4, -0.2) is 12.4 Å². The number of hydrogen-bond donors (Lipinski definition) is 0. The number of benzene rings is 2. The lowest BCUT2D eigenvalue weighted by Gasteiger charge is -2.19. The fourth-order valence-electron chi connectivity index (χ4n) is 2.14. The molecule has 0 unspecified atom stereocenters. The maximum absolute atomic E-state index is 11.8. The summed E-state index contributed by atoms with van der Waals surface area (Å²) in [6, 6.07) is 15.7. The summed E-state index contributed by atoms with van der Waals surface area (Å²) < 4.78 is 5.66. The first-order valence-electron chi connectivity index (χ1n) is 5.71. The van der Waals surface area contributed by atoms with Gasteiger partial charge < -0.3 is 4.74 Å². The summed E-state index contributed by atoms with van der Waals surface area (Å²) in [6.45, 7) is 0.482. The second kappa shape index (κ2) is 4.06. The van der Waals surface area contributed by atoms with Crippen molar-refractivity contribution >= 4 is 5.78 Å². The third-order valence-electron chi connectivity index (χ3n) is 2.98. The van der Waals surface area contributed by atoms with Crippen LogP contribution in [0.4, 0.5) is 0 Å². The predicted octanol–water partition coefficient (Wildman–Crippen LogP) is 3.32. The molecule has 0 amide bonds. The molecule has 0 aromatic heterocycles. The van der Waals surface area contributed by atoms with Gasteiger partial charge in [0.05, 0.1) is 12.2 Å². The molecule has 0 bridgehead atoms. The van der Waals surface area contributed by atoms with Crippen molar-refractivity contribution in [3.63, 3.8) is 0 Å². The number of Topliss-reactive ketones (excluding diaryl/α,β-unsaturated/α-hetero) is 1. The molecule has 84 valence electrons. The molecule has 2 aromatic rings. The van der Waals surface area contributed by atoms with Crippen molar-refractivity contribution in [3.05, 3.63) is 54.1 Å². The number of carbonyl (C=O) groups excluding carboxylic acids is 1. The van der Waals surface area contributed by atoms with Gasteiger partial charge in [0.25, 0.3) is 0 Å². The standard InChI is InChI=1S/C15H12O2/c16-14-9-10-17-15-12(7-4-8-13(14)15)11-5-2-1-3-6-11/h1-8H,9-10H2. The van der Waals surface area contributed by atoms with Crippen LogP contribution in [0.1, 0.15) is 16.8 Å². The molecular weight excluding hydrogens is 212 g/mol. The van der Waals surface area contributed by atoms with Crippen molar-refractivity contribution in [2.45, 2.75) is 6.42 Å². The second-order valence-corrected chi connectivity index (χ2v) is 4.07. The molecule has 2 nitrogen and oxygen atoms in total. The van der Waals surface area contributed by atoms with Crippen molar-refractivity contribution in [2.24, 2.45) is 0 Å². The van der Waals surface area contributed by atoms with Crippen molar-refractivity contribution in [2.75, 3.05) is 6.61 Å². The van der Waals surface area contributed by atoms with E-state index in [0.29, 0.717) is 18.6 Å². The second-order valence-electron chi connectivity index (χ2n) is 4.07. The highest BCUT2D eigenvalue weighted by Gasteiger charge is 2.21. The van der Waals surface area contributed by atoms with Gasteiger partial charge in [-0.3, -0.25) is 4.79 Å². The minimum Gasteiger partial charge on any atom is -0.492 e. The smallest absolute Gasteiger partial charge is 0.170 e. The first-order chi connectivity index (χ1) is 8.36. The predicted molar refractivity (Wildman–Crippen MR) is 66.3 cm³/mol. The summed E-state index contributed by atoms with van der Waals surface area (Å²) in [5.74, 6) is 0.902. The fourth-order valence-corrected chi connectivity index (χ4v) is 2.14. The molecule has 0 aliphatic carbocycles. The number of carbonyl (C=O) groups is 1. The topological polar surface area (TPSA) is 26.3 Å². The van der Waals surface area contributed by atoms with Crippen molar-refractivity contribution in [3.8, 4) is 16.9 Å². The Morgan fingerprint density at radius 3 is 2.47 bits per heavy atom. The zero-order valence-electron chi connectivity index (χ0n) is 9.35. The van der Waals surface area contributed by atoms with E-state index in [9.17, 15) is 4.79 Å². The Morgan fingerprint density at radius 1 is 0.882 bits per heavy atom. The average molecular weight is 224 g/mol. The van der Waals surface area contributed by atoms with Crippen LogP contribution in [0.25, 0.3) is 11.1 Å². The van der Waals surface area contributed by atoms with E-state index in [-0.39, 0.29) is 5.78 Å². The Bertz CT molecular complexity index is 558. The molecule has 1 heterocycles. The van der Waals surface area contributed by atoms with E-state index in [1.54, 1.807) is 0 Å². The molecule has 0 spiro atoms. The number of rotatable bonds is 1. The van der Waals surface area contributed by atoms with Gasteiger partial charge in [-0.05, 0) is 11.6 Å². The first kappa shape index (κ1) is 10.1. The minimum atomic E-state index is 0.170. The van der Waals surface area contributed by atoms with Gasteiger partial charge in [0.2, 0.25) is 0 Å². The van der Waals surface area contributed by atoms with Crippen molar-refractivity contribution in [1.82, 2.24) is 0 Å². The van der Waals surface area contributed by atoms with Crippen LogP contribution in [-0.2, 0) is 0 Å². The van der Waals surface area contributed by atoms with Crippen LogP contribution >= 0.6 is 0 Å². The molecule has 17 heavy (non-hydrogen) atoms. The summed E-state index contributed by atoms with van der Waals surface area (Å²) in [5.41, 5.74) is 2.79. The molecule has 1 aliphatic heterocycles. The van der Waals surface area contributed by atoms with E-state index in [1.165, 1.54) is 0 Å². The Balaban J connectivity index is 2.19. The number of para-hydroxylation sites is 1. The van der Waals surface area contributed by atoms with Gasteiger partial charge in [0.1, 0.15) is 5.75 Å². The Hall–Kier alpha value is -2.09. The highest BCUT2D eigenvalue weighted by Crippen LogP contribution is 2.35. The van der Waals surface area contributed by atoms with E-state index >= 15 is 0 Å². The molecule has 0 N–H and O–H groups in total. The maximum Gasteiger partial charge on any atom is 0.170 e. The third kappa shape index (κ3) is 1.72. The highest BCUT2D eigenvalue weighted by molar-refractivity contribution is 6.01. The van der Waals surface area contributed by atoms with Crippen LogP contribution < -0.4 is 4.74 Å². The summed E-state index contributed by atoms with van der Waals surface area (Å²) in [6.07, 6.45) is 0.477. The van der Waals surface area contributed by atoms with Crippen LogP contribution in [0.15, 0.2) is 48.5 Å². The van der Waals surface area contributed by atoms with E-state index < -0.39 is 0 Å². The number of ketones is 1. The zero-order valence-corrected chi connectivity index (χ0v) is 9.35. The number of fused-ring (bicyclic) bond motifs is 1. The molecule has 0 fully saturated rings. The van der Waals surface area contributed by atoms with E-state index in [4.69, 9.17) is 4.74 Å². The van der Waals surface area contributed by atoms with Crippen LogP contribution in [0.3, 0.4) is 0 Å². The zero-order chi connectivity index (χ0) is 11.7. The molecular formula is C15H12O2. The third-order valence-corrected chi connectivity index (χ3v) is 2.98. The quantitative estimate of drug-likeness (QED) is 0.742. The van der Waals surface area contributed by atoms with Crippen LogP contribution in [0, 0.1) is 0 Å². The van der Waals surface area contributed by atoms with Gasteiger partial charge in [-0.2, -0.15) is 0 Å². The van der Waals surface area contributed by atoms with Crippen LogP contribution in [0.5, 0.6) is 5.75 Å². The lowest BCUT2D eigenvalue weighted by Crippen LogP contribution is -2.15. The largest absolute Gasteiger partial charge is 0.492 e. The molecule has 0 radical (unpaired) electrons. The van der Waals surface area contributed by atoms with Crippen LogP contribution in [0.2, 0.25) is 0 Å². The summed E-state index contributed by atoms with van der Waals surface area (Å²) in [4.78, 5) is 11.8. The summed E-state index contributed by atoms with van der Waals surface area (Å²) >= 11 is 0. The van der Waals surface area contributed by atoms with E-state index in [2.05, 4.69) is 0 Å². The van der Waals surface area contributed by atoms with Crippen molar-refractivity contribution in [1.29, 1.82) is 0 Å². The SMILES string of the molecule is O=C1CCOc2c1cccc2-c1ccccc1. The lowest BCUT2D eigenvalue weighted by molar-refractivity contribution is 0.0934. The monoisotopic (exact) mass is 224 g/mol. The van der Waals surface area contributed by atoms with E-state index in [0.717, 1.165) is 16.9 Å². The summed E-state index contributed by atoms with van der Waals surface area (Å²) in [7, 11) is 0. The van der Waals surface area contributed by atoms with Gasteiger partial charge in [-0.1, -0.05) is 42.5 Å². The minimum absolute atomic E-state index is 0.170. The maximum atomic E-state index is 11.8. The summed E-state index contributed by atoms with van der Waals surface area (Å²) in [5, 5.41) is 0.